The molecule has 2 atom stereocenters. The quantitative estimate of drug-likeness (QED) is 0.617. The molecule has 0 bridgehead atoms. The molecule has 0 N–H and O–H groups in total. The summed E-state index contributed by atoms with van der Waals surface area (Å²) in [6.07, 6.45) is 1.01. The number of aryl methyl sites for hydroxylation is 2. The van der Waals surface area contributed by atoms with Gasteiger partial charge in [-0.1, -0.05) is 6.07 Å². The summed E-state index contributed by atoms with van der Waals surface area (Å²) in [4.78, 5) is 27.0. The highest BCUT2D eigenvalue weighted by molar-refractivity contribution is 5.80. The lowest BCUT2D eigenvalue weighted by Gasteiger charge is -2.22. The molecule has 1 saturated carbocycles. The molecule has 1 aliphatic carbocycles. The van der Waals surface area contributed by atoms with Crippen LogP contribution in [0.1, 0.15) is 30.3 Å². The molecule has 1 amide bonds. The second kappa shape index (κ2) is 8.38. The highest BCUT2D eigenvalue weighted by Gasteiger charge is 2.45. The second-order valence-corrected chi connectivity index (χ2v) is 7.89. The Morgan fingerprint density at radius 2 is 2.07 bits per heavy atom. The van der Waals surface area contributed by atoms with Crippen molar-refractivity contribution in [3.05, 3.63) is 41.2 Å². The topological polar surface area (TPSA) is 82.9 Å². The van der Waals surface area contributed by atoms with E-state index in [2.05, 4.69) is 5.10 Å². The number of esters is 1. The van der Waals surface area contributed by atoms with Gasteiger partial charge in [0, 0.05) is 19.3 Å². The number of fused-ring (bicyclic) bond motifs is 1. The van der Waals surface area contributed by atoms with Gasteiger partial charge in [-0.15, -0.1) is 0 Å². The fourth-order valence-electron chi connectivity index (χ4n) is 3.77. The number of carbonyl (C=O) groups excluding carboxylic acids is 2. The number of ether oxygens (including phenoxy) is 3. The standard InChI is InChI=1S/C22H27N3O5/c1-4-28-22(27)18-10-16(18)11-25(12-17-7-14(2)24(3)23-17)21(26)9-15-5-6-19-20(8-15)30-13-29-19/h5-8,16,18H,4,9-13H2,1-3H3/t16-,18+/m0/s1. The Labute approximate surface area is 175 Å². The molecule has 30 heavy (non-hydrogen) atoms. The Hall–Kier alpha value is -3.03. The van der Waals surface area contributed by atoms with Crippen molar-refractivity contribution in [2.24, 2.45) is 18.9 Å². The molecule has 1 aromatic carbocycles. The van der Waals surface area contributed by atoms with E-state index in [0.717, 1.165) is 23.4 Å². The third-order valence-corrected chi connectivity index (χ3v) is 5.63. The minimum absolute atomic E-state index is 0.00770. The van der Waals surface area contributed by atoms with Gasteiger partial charge in [0.2, 0.25) is 12.7 Å². The number of aromatic nitrogens is 2. The summed E-state index contributed by atoms with van der Waals surface area (Å²) < 4.78 is 17.7. The Kier molecular flexibility index (Phi) is 5.65. The van der Waals surface area contributed by atoms with E-state index < -0.39 is 0 Å². The third kappa shape index (κ3) is 4.42. The number of carbonyl (C=O) groups is 2. The van der Waals surface area contributed by atoms with E-state index in [1.54, 1.807) is 16.5 Å². The first kappa shape index (κ1) is 20.3. The Balaban J connectivity index is 1.46. The Morgan fingerprint density at radius 1 is 1.27 bits per heavy atom. The van der Waals surface area contributed by atoms with Gasteiger partial charge in [0.05, 0.1) is 31.2 Å². The number of hydrogen-bond donors (Lipinski definition) is 0. The molecule has 2 heterocycles. The molecule has 0 radical (unpaired) electrons. The van der Waals surface area contributed by atoms with Crippen molar-refractivity contribution < 1.29 is 23.8 Å². The van der Waals surface area contributed by atoms with Gasteiger partial charge in [-0.2, -0.15) is 5.10 Å². The van der Waals surface area contributed by atoms with E-state index in [4.69, 9.17) is 14.2 Å². The highest BCUT2D eigenvalue weighted by Crippen LogP contribution is 2.40. The summed E-state index contributed by atoms with van der Waals surface area (Å²) in [6, 6.07) is 7.54. The molecule has 1 aliphatic heterocycles. The normalized spacial score (nSPS) is 18.9. The van der Waals surface area contributed by atoms with E-state index in [1.807, 2.05) is 38.2 Å². The van der Waals surface area contributed by atoms with Gasteiger partial charge in [-0.25, -0.2) is 0 Å². The van der Waals surface area contributed by atoms with E-state index in [0.29, 0.717) is 31.2 Å². The van der Waals surface area contributed by atoms with Crippen LogP contribution in [0.5, 0.6) is 11.5 Å². The maximum Gasteiger partial charge on any atom is 0.309 e. The first-order chi connectivity index (χ1) is 14.4. The van der Waals surface area contributed by atoms with Gasteiger partial charge in [-0.05, 0) is 49.9 Å². The van der Waals surface area contributed by atoms with Gasteiger partial charge >= 0.3 is 5.97 Å². The number of benzene rings is 1. The fraction of sp³-hybridized carbons (Fsp3) is 0.500. The highest BCUT2D eigenvalue weighted by atomic mass is 16.7. The second-order valence-electron chi connectivity index (χ2n) is 7.89. The zero-order valence-corrected chi connectivity index (χ0v) is 17.6. The number of nitrogens with zero attached hydrogens (tertiary/aromatic N) is 3. The first-order valence-electron chi connectivity index (χ1n) is 10.3. The molecule has 0 saturated heterocycles. The number of hydrogen-bond acceptors (Lipinski definition) is 6. The lowest BCUT2D eigenvalue weighted by atomic mass is 10.1. The average Bonchev–Trinajstić information content (AvgIpc) is 3.19. The Morgan fingerprint density at radius 3 is 2.80 bits per heavy atom. The van der Waals surface area contributed by atoms with Crippen LogP contribution in [0.2, 0.25) is 0 Å². The van der Waals surface area contributed by atoms with Crippen LogP contribution in [-0.2, 0) is 34.3 Å². The Bertz CT molecular complexity index is 935. The predicted molar refractivity (Wildman–Crippen MR) is 108 cm³/mol. The van der Waals surface area contributed by atoms with Crippen molar-refractivity contribution in [1.82, 2.24) is 14.7 Å². The minimum Gasteiger partial charge on any atom is -0.466 e. The lowest BCUT2D eigenvalue weighted by Crippen LogP contribution is -2.34. The van der Waals surface area contributed by atoms with Crippen LogP contribution in [0.15, 0.2) is 24.3 Å². The van der Waals surface area contributed by atoms with Gasteiger partial charge in [0.1, 0.15) is 0 Å². The van der Waals surface area contributed by atoms with Crippen molar-refractivity contribution in [2.45, 2.75) is 33.2 Å². The van der Waals surface area contributed by atoms with E-state index in [9.17, 15) is 9.59 Å². The summed E-state index contributed by atoms with van der Waals surface area (Å²) >= 11 is 0. The zero-order valence-electron chi connectivity index (χ0n) is 17.6. The van der Waals surface area contributed by atoms with Gasteiger partial charge in [-0.3, -0.25) is 14.3 Å². The van der Waals surface area contributed by atoms with Crippen LogP contribution in [0.3, 0.4) is 0 Å². The van der Waals surface area contributed by atoms with Crippen LogP contribution >= 0.6 is 0 Å². The van der Waals surface area contributed by atoms with Crippen LogP contribution in [0.4, 0.5) is 0 Å². The van der Waals surface area contributed by atoms with Crippen molar-refractivity contribution in [3.8, 4) is 11.5 Å². The summed E-state index contributed by atoms with van der Waals surface area (Å²) in [5.74, 6) is 1.20. The largest absolute Gasteiger partial charge is 0.466 e. The van der Waals surface area contributed by atoms with Crippen LogP contribution in [0.25, 0.3) is 0 Å². The SMILES string of the molecule is CCOC(=O)[C@@H]1C[C@H]1CN(Cc1cc(C)n(C)n1)C(=O)Cc1ccc2c(c1)OCO2. The van der Waals surface area contributed by atoms with Crippen LogP contribution in [0, 0.1) is 18.8 Å². The average molecular weight is 413 g/mol. The number of amides is 1. The molecule has 160 valence electrons. The van der Waals surface area contributed by atoms with Crippen LogP contribution < -0.4 is 9.47 Å². The molecule has 8 heteroatoms. The van der Waals surface area contributed by atoms with Crippen molar-refractivity contribution >= 4 is 11.9 Å². The molecular formula is C22H27N3O5. The summed E-state index contributed by atoms with van der Waals surface area (Å²) in [5.41, 5.74) is 2.73. The zero-order chi connectivity index (χ0) is 21.3. The fourth-order valence-corrected chi connectivity index (χ4v) is 3.77. The third-order valence-electron chi connectivity index (χ3n) is 5.63. The molecular weight excluding hydrogens is 386 g/mol. The van der Waals surface area contributed by atoms with E-state index >= 15 is 0 Å². The monoisotopic (exact) mass is 413 g/mol. The maximum atomic E-state index is 13.2. The van der Waals surface area contributed by atoms with Crippen LogP contribution in [-0.4, -0.2) is 46.5 Å². The summed E-state index contributed by atoms with van der Waals surface area (Å²) in [5, 5.41) is 4.49. The predicted octanol–water partition coefficient (Wildman–Crippen LogP) is 2.23. The lowest BCUT2D eigenvalue weighted by molar-refractivity contribution is -0.145. The van der Waals surface area contributed by atoms with Crippen molar-refractivity contribution in [3.63, 3.8) is 0 Å². The van der Waals surface area contributed by atoms with Crippen molar-refractivity contribution in [2.75, 3.05) is 19.9 Å². The minimum atomic E-state index is -0.167. The summed E-state index contributed by atoms with van der Waals surface area (Å²) in [6.45, 7) is 5.29. The molecule has 0 spiro atoms. The molecule has 1 fully saturated rings. The van der Waals surface area contributed by atoms with Gasteiger partial charge in [0.25, 0.3) is 0 Å². The molecule has 8 nitrogen and oxygen atoms in total. The van der Waals surface area contributed by atoms with Gasteiger partial charge < -0.3 is 19.1 Å². The van der Waals surface area contributed by atoms with Crippen molar-refractivity contribution in [1.29, 1.82) is 0 Å². The summed E-state index contributed by atoms with van der Waals surface area (Å²) in [7, 11) is 1.88. The number of rotatable bonds is 8. The molecule has 4 rings (SSSR count). The van der Waals surface area contributed by atoms with Gasteiger partial charge in [0.15, 0.2) is 11.5 Å². The molecule has 1 aromatic heterocycles. The maximum absolute atomic E-state index is 13.2. The molecule has 2 aromatic rings. The van der Waals surface area contributed by atoms with E-state index in [-0.39, 0.29) is 36.9 Å². The molecule has 0 unspecified atom stereocenters. The first-order valence-corrected chi connectivity index (χ1v) is 10.3. The van der Waals surface area contributed by atoms with E-state index in [1.165, 1.54) is 0 Å². The smallest absolute Gasteiger partial charge is 0.309 e. The molecule has 2 aliphatic rings.